The van der Waals surface area contributed by atoms with Gasteiger partial charge in [0, 0.05) is 24.5 Å². The number of likely N-dealkylation sites (N-methyl/N-ethyl adjacent to an activating group) is 1. The van der Waals surface area contributed by atoms with Crippen molar-refractivity contribution in [1.29, 1.82) is 0 Å². The van der Waals surface area contributed by atoms with E-state index in [0.717, 1.165) is 11.1 Å². The van der Waals surface area contributed by atoms with E-state index in [1.807, 2.05) is 45.0 Å². The van der Waals surface area contributed by atoms with Crippen LogP contribution in [0.2, 0.25) is 5.02 Å². The maximum Gasteiger partial charge on any atom is 0.242 e. The van der Waals surface area contributed by atoms with Crippen molar-refractivity contribution in [2.45, 2.75) is 52.6 Å². The van der Waals surface area contributed by atoms with Crippen LogP contribution in [0, 0.1) is 6.92 Å². The van der Waals surface area contributed by atoms with E-state index in [2.05, 4.69) is 17.4 Å². The number of nitrogens with one attached hydrogen (secondary N) is 1. The summed E-state index contributed by atoms with van der Waals surface area (Å²) in [7, 11) is 0. The highest BCUT2D eigenvalue weighted by Gasteiger charge is 2.28. The first-order valence-corrected chi connectivity index (χ1v) is 10.2. The molecule has 0 aliphatic heterocycles. The van der Waals surface area contributed by atoms with Gasteiger partial charge in [-0.2, -0.15) is 0 Å². The van der Waals surface area contributed by atoms with Gasteiger partial charge in [0.05, 0.1) is 0 Å². The molecule has 0 saturated carbocycles. The monoisotopic (exact) mass is 400 g/mol. The van der Waals surface area contributed by atoms with E-state index < -0.39 is 6.04 Å². The highest BCUT2D eigenvalue weighted by Crippen LogP contribution is 2.17. The van der Waals surface area contributed by atoms with Crippen LogP contribution in [0.3, 0.4) is 0 Å². The second-order valence-electron chi connectivity index (χ2n) is 6.95. The third-order valence-corrected chi connectivity index (χ3v) is 5.00. The van der Waals surface area contributed by atoms with Crippen LogP contribution in [-0.2, 0) is 22.6 Å². The number of hydrogen-bond donors (Lipinski definition) is 1. The first kappa shape index (κ1) is 22.0. The lowest BCUT2D eigenvalue weighted by molar-refractivity contribution is -0.141. The maximum absolute atomic E-state index is 13.1. The molecule has 2 rings (SSSR count). The molecule has 0 spiro atoms. The van der Waals surface area contributed by atoms with Crippen LogP contribution in [0.5, 0.6) is 0 Å². The van der Waals surface area contributed by atoms with Gasteiger partial charge >= 0.3 is 0 Å². The third-order valence-electron chi connectivity index (χ3n) is 4.75. The predicted molar refractivity (Wildman–Crippen MR) is 114 cm³/mol. The molecule has 1 unspecified atom stereocenters. The van der Waals surface area contributed by atoms with E-state index in [1.165, 1.54) is 5.56 Å². The second-order valence-corrected chi connectivity index (χ2v) is 7.39. The molecule has 0 aliphatic carbocycles. The van der Waals surface area contributed by atoms with Gasteiger partial charge in [-0.3, -0.25) is 9.59 Å². The molecule has 2 aromatic rings. The average Bonchev–Trinajstić information content (AvgIpc) is 2.69. The average molecular weight is 401 g/mol. The molecule has 4 nitrogen and oxygen atoms in total. The SMILES string of the molecule is CCNC(=O)C(CC)N(Cc1ccc(Cl)cc1)C(=O)CCc1ccc(C)cc1. The minimum absolute atomic E-state index is 0.0198. The minimum atomic E-state index is -0.485. The Bertz CT molecular complexity index is 772. The van der Waals surface area contributed by atoms with Crippen LogP contribution >= 0.6 is 11.6 Å². The standard InChI is InChI=1S/C23H29ClN2O2/c1-4-21(23(28)25-5-2)26(16-19-10-13-20(24)14-11-19)22(27)15-12-18-8-6-17(3)7-9-18/h6-11,13-14,21H,4-5,12,15-16H2,1-3H3,(H,25,28). The Morgan fingerprint density at radius 2 is 1.61 bits per heavy atom. The van der Waals surface area contributed by atoms with Crippen LogP contribution in [0.4, 0.5) is 0 Å². The predicted octanol–water partition coefficient (Wildman–Crippen LogP) is 4.52. The van der Waals surface area contributed by atoms with Crippen molar-refractivity contribution < 1.29 is 9.59 Å². The Morgan fingerprint density at radius 1 is 1.00 bits per heavy atom. The van der Waals surface area contributed by atoms with Gasteiger partial charge in [-0.15, -0.1) is 0 Å². The molecule has 2 aromatic carbocycles. The molecule has 0 bridgehead atoms. The fraction of sp³-hybridized carbons (Fsp3) is 0.391. The lowest BCUT2D eigenvalue weighted by atomic mass is 10.1. The van der Waals surface area contributed by atoms with Crippen molar-refractivity contribution in [1.82, 2.24) is 10.2 Å². The Hall–Kier alpha value is -2.33. The number of benzene rings is 2. The van der Waals surface area contributed by atoms with E-state index in [9.17, 15) is 9.59 Å². The van der Waals surface area contributed by atoms with Crippen molar-refractivity contribution in [3.63, 3.8) is 0 Å². The van der Waals surface area contributed by atoms with Gasteiger partial charge in [-0.1, -0.05) is 60.5 Å². The lowest BCUT2D eigenvalue weighted by Gasteiger charge is -2.30. The van der Waals surface area contributed by atoms with Crippen LogP contribution in [0.15, 0.2) is 48.5 Å². The number of rotatable bonds is 9. The van der Waals surface area contributed by atoms with Crippen LogP contribution in [0.25, 0.3) is 0 Å². The third kappa shape index (κ3) is 6.38. The molecular formula is C23H29ClN2O2. The number of carbonyl (C=O) groups excluding carboxylic acids is 2. The fourth-order valence-corrected chi connectivity index (χ4v) is 3.27. The molecule has 5 heteroatoms. The summed E-state index contributed by atoms with van der Waals surface area (Å²) in [5, 5.41) is 3.50. The Morgan fingerprint density at radius 3 is 2.18 bits per heavy atom. The summed E-state index contributed by atoms with van der Waals surface area (Å²) >= 11 is 5.98. The topological polar surface area (TPSA) is 49.4 Å². The van der Waals surface area contributed by atoms with Crippen LogP contribution in [0.1, 0.15) is 43.4 Å². The Labute approximate surface area is 172 Å². The maximum atomic E-state index is 13.1. The molecule has 28 heavy (non-hydrogen) atoms. The van der Waals surface area contributed by atoms with Gasteiger partial charge in [0.25, 0.3) is 0 Å². The largest absolute Gasteiger partial charge is 0.355 e. The minimum Gasteiger partial charge on any atom is -0.355 e. The summed E-state index contributed by atoms with van der Waals surface area (Å²) < 4.78 is 0. The molecule has 0 saturated heterocycles. The highest BCUT2D eigenvalue weighted by molar-refractivity contribution is 6.30. The van der Waals surface area contributed by atoms with Crippen molar-refractivity contribution >= 4 is 23.4 Å². The highest BCUT2D eigenvalue weighted by atomic mass is 35.5. The van der Waals surface area contributed by atoms with E-state index in [4.69, 9.17) is 11.6 Å². The zero-order valence-electron chi connectivity index (χ0n) is 16.9. The van der Waals surface area contributed by atoms with Gasteiger partial charge < -0.3 is 10.2 Å². The zero-order valence-corrected chi connectivity index (χ0v) is 17.6. The summed E-state index contributed by atoms with van der Waals surface area (Å²) in [4.78, 5) is 27.3. The van der Waals surface area contributed by atoms with Gasteiger partial charge in [0.1, 0.15) is 6.04 Å². The van der Waals surface area contributed by atoms with E-state index in [0.29, 0.717) is 37.4 Å². The summed E-state index contributed by atoms with van der Waals surface area (Å²) in [6.07, 6.45) is 1.59. The van der Waals surface area contributed by atoms with Gasteiger partial charge in [0.2, 0.25) is 11.8 Å². The number of nitrogens with zero attached hydrogens (tertiary/aromatic N) is 1. The fourth-order valence-electron chi connectivity index (χ4n) is 3.15. The summed E-state index contributed by atoms with van der Waals surface area (Å²) in [6, 6.07) is 15.1. The number of hydrogen-bond acceptors (Lipinski definition) is 2. The van der Waals surface area contributed by atoms with Crippen molar-refractivity contribution in [2.75, 3.05) is 6.54 Å². The zero-order chi connectivity index (χ0) is 20.5. The van der Waals surface area contributed by atoms with Gasteiger partial charge in [-0.05, 0) is 49.9 Å². The number of halogens is 1. The molecule has 0 heterocycles. The summed E-state index contributed by atoms with van der Waals surface area (Å²) in [6.45, 7) is 6.79. The second kappa shape index (κ2) is 10.9. The van der Waals surface area contributed by atoms with Crippen molar-refractivity contribution in [3.05, 3.63) is 70.2 Å². The molecule has 0 fully saturated rings. The quantitative estimate of drug-likeness (QED) is 0.672. The summed E-state index contributed by atoms with van der Waals surface area (Å²) in [5.74, 6) is -0.128. The van der Waals surface area contributed by atoms with Crippen LogP contribution in [-0.4, -0.2) is 29.3 Å². The normalized spacial score (nSPS) is 11.7. The lowest BCUT2D eigenvalue weighted by Crippen LogP contribution is -2.49. The van der Waals surface area contributed by atoms with Gasteiger partial charge in [-0.25, -0.2) is 0 Å². The molecule has 2 amide bonds. The molecule has 0 aliphatic rings. The van der Waals surface area contributed by atoms with Gasteiger partial charge in [0.15, 0.2) is 0 Å². The number of carbonyl (C=O) groups is 2. The van der Waals surface area contributed by atoms with E-state index >= 15 is 0 Å². The molecule has 0 radical (unpaired) electrons. The number of amides is 2. The van der Waals surface area contributed by atoms with E-state index in [-0.39, 0.29) is 11.8 Å². The molecule has 1 atom stereocenters. The van der Waals surface area contributed by atoms with Crippen LogP contribution < -0.4 is 5.32 Å². The van der Waals surface area contributed by atoms with Crippen molar-refractivity contribution in [3.8, 4) is 0 Å². The summed E-state index contributed by atoms with van der Waals surface area (Å²) in [5.41, 5.74) is 3.27. The first-order chi connectivity index (χ1) is 13.4. The Balaban J connectivity index is 2.16. The smallest absolute Gasteiger partial charge is 0.242 e. The molecule has 0 aromatic heterocycles. The number of aryl methyl sites for hydroxylation is 2. The van der Waals surface area contributed by atoms with E-state index in [1.54, 1.807) is 17.0 Å². The Kier molecular flexibility index (Phi) is 8.52. The first-order valence-electron chi connectivity index (χ1n) is 9.81. The van der Waals surface area contributed by atoms with Crippen molar-refractivity contribution in [2.24, 2.45) is 0 Å². The molecule has 150 valence electrons. The molecular weight excluding hydrogens is 372 g/mol. The molecule has 1 N–H and O–H groups in total.